The summed E-state index contributed by atoms with van der Waals surface area (Å²) in [5.41, 5.74) is 0.898. The molecule has 0 amide bonds. The van der Waals surface area contributed by atoms with Gasteiger partial charge in [0.05, 0.1) is 15.5 Å². The van der Waals surface area contributed by atoms with Crippen LogP contribution in [0.3, 0.4) is 0 Å². The summed E-state index contributed by atoms with van der Waals surface area (Å²) in [5.74, 6) is -1.18. The molecular weight excluding hydrogens is 368 g/mol. The minimum Gasteiger partial charge on any atom is -0.306 e. The van der Waals surface area contributed by atoms with Gasteiger partial charge in [-0.25, -0.2) is 8.78 Å². The maximum Gasteiger partial charge on any atom is 0.145 e. The number of nitrogens with one attached hydrogen (secondary N) is 1. The van der Waals surface area contributed by atoms with E-state index in [1.165, 1.54) is 23.5 Å². The Labute approximate surface area is 134 Å². The molecule has 0 spiro atoms. The topological polar surface area (TPSA) is 12.0 Å². The molecule has 1 aromatic heterocycles. The standard InChI is InChI=1S/C14H13BrClF2NS/c1-3-19-13(14-11(16)7(2)6-20-14)10-9(17)5-4-8(15)12(10)18/h4-6,13,19H,3H2,1-2H3. The fourth-order valence-electron chi connectivity index (χ4n) is 1.98. The first kappa shape index (κ1) is 15.9. The molecule has 0 aliphatic carbocycles. The van der Waals surface area contributed by atoms with Crippen LogP contribution in [0.5, 0.6) is 0 Å². The maximum absolute atomic E-state index is 14.3. The Morgan fingerprint density at radius 3 is 2.65 bits per heavy atom. The van der Waals surface area contributed by atoms with Crippen LogP contribution in [0.25, 0.3) is 0 Å². The number of rotatable bonds is 4. The van der Waals surface area contributed by atoms with Crippen LogP contribution in [-0.2, 0) is 0 Å². The Balaban J connectivity index is 2.60. The average Bonchev–Trinajstić information content (AvgIpc) is 2.74. The highest BCUT2D eigenvalue weighted by atomic mass is 79.9. The van der Waals surface area contributed by atoms with Crippen molar-refractivity contribution in [2.24, 2.45) is 0 Å². The Bertz CT molecular complexity index is 630. The van der Waals surface area contributed by atoms with Gasteiger partial charge >= 0.3 is 0 Å². The highest BCUT2D eigenvalue weighted by Gasteiger charge is 2.26. The lowest BCUT2D eigenvalue weighted by molar-refractivity contribution is 0.510. The lowest BCUT2D eigenvalue weighted by Crippen LogP contribution is -2.23. The van der Waals surface area contributed by atoms with Gasteiger partial charge in [0.15, 0.2) is 0 Å². The zero-order valence-electron chi connectivity index (χ0n) is 10.9. The molecule has 108 valence electrons. The molecule has 20 heavy (non-hydrogen) atoms. The van der Waals surface area contributed by atoms with Crippen molar-refractivity contribution in [2.75, 3.05) is 6.54 Å². The van der Waals surface area contributed by atoms with Crippen LogP contribution >= 0.6 is 38.9 Å². The number of halogens is 4. The van der Waals surface area contributed by atoms with E-state index in [4.69, 9.17) is 11.6 Å². The van der Waals surface area contributed by atoms with Crippen molar-refractivity contribution >= 4 is 38.9 Å². The van der Waals surface area contributed by atoms with Crippen LogP contribution in [0.15, 0.2) is 22.0 Å². The summed E-state index contributed by atoms with van der Waals surface area (Å²) in [7, 11) is 0. The van der Waals surface area contributed by atoms with Crippen molar-refractivity contribution in [3.05, 3.63) is 54.6 Å². The summed E-state index contributed by atoms with van der Waals surface area (Å²) in [6.07, 6.45) is 0. The number of hydrogen-bond donors (Lipinski definition) is 1. The van der Waals surface area contributed by atoms with Crippen LogP contribution in [0.2, 0.25) is 5.02 Å². The van der Waals surface area contributed by atoms with E-state index < -0.39 is 17.7 Å². The number of aryl methyl sites for hydroxylation is 1. The van der Waals surface area contributed by atoms with Crippen molar-refractivity contribution in [1.82, 2.24) is 5.32 Å². The van der Waals surface area contributed by atoms with E-state index in [0.717, 1.165) is 10.4 Å². The second-order valence-electron chi connectivity index (χ2n) is 4.34. The Morgan fingerprint density at radius 1 is 1.40 bits per heavy atom. The quantitative estimate of drug-likeness (QED) is 0.696. The van der Waals surface area contributed by atoms with E-state index in [1.54, 1.807) is 0 Å². The summed E-state index contributed by atoms with van der Waals surface area (Å²) < 4.78 is 28.6. The van der Waals surface area contributed by atoms with Crippen LogP contribution in [-0.4, -0.2) is 6.54 Å². The van der Waals surface area contributed by atoms with E-state index in [1.807, 2.05) is 19.2 Å². The second kappa shape index (κ2) is 6.52. The third kappa shape index (κ3) is 2.91. The minimum atomic E-state index is -0.599. The molecule has 2 aromatic rings. The monoisotopic (exact) mass is 379 g/mol. The first-order chi connectivity index (χ1) is 9.47. The highest BCUT2D eigenvalue weighted by Crippen LogP contribution is 2.38. The minimum absolute atomic E-state index is 0.00928. The fourth-order valence-corrected chi connectivity index (χ4v) is 3.71. The van der Waals surface area contributed by atoms with Gasteiger partial charge in [0.1, 0.15) is 11.6 Å². The predicted molar refractivity (Wildman–Crippen MR) is 83.6 cm³/mol. The lowest BCUT2D eigenvalue weighted by Gasteiger charge is -2.19. The fraction of sp³-hybridized carbons (Fsp3) is 0.286. The predicted octanol–water partition coefficient (Wildman–Crippen LogP) is 5.45. The SMILES string of the molecule is CCNC(c1scc(C)c1Cl)c1c(F)ccc(Br)c1F. The molecule has 1 nitrogen and oxygen atoms in total. The van der Waals surface area contributed by atoms with Gasteiger partial charge in [0.2, 0.25) is 0 Å². The zero-order chi connectivity index (χ0) is 14.9. The smallest absolute Gasteiger partial charge is 0.145 e. The molecular formula is C14H13BrClF2NS. The number of thiophene rings is 1. The van der Waals surface area contributed by atoms with Gasteiger partial charge in [-0.2, -0.15) is 0 Å². The van der Waals surface area contributed by atoms with Crippen molar-refractivity contribution in [1.29, 1.82) is 0 Å². The van der Waals surface area contributed by atoms with E-state index in [0.29, 0.717) is 11.6 Å². The molecule has 0 aliphatic rings. The van der Waals surface area contributed by atoms with E-state index >= 15 is 0 Å². The van der Waals surface area contributed by atoms with E-state index in [-0.39, 0.29) is 10.0 Å². The molecule has 0 aliphatic heterocycles. The van der Waals surface area contributed by atoms with Gasteiger partial charge < -0.3 is 5.32 Å². The molecule has 2 rings (SSSR count). The average molecular weight is 381 g/mol. The second-order valence-corrected chi connectivity index (χ2v) is 6.49. The molecule has 0 bridgehead atoms. The van der Waals surface area contributed by atoms with Gasteiger partial charge in [0, 0.05) is 10.4 Å². The third-order valence-electron chi connectivity index (χ3n) is 2.96. The number of benzene rings is 1. The molecule has 6 heteroatoms. The van der Waals surface area contributed by atoms with Gasteiger partial charge in [-0.05, 0) is 52.5 Å². The van der Waals surface area contributed by atoms with Crippen LogP contribution in [0.1, 0.15) is 29.0 Å². The summed E-state index contributed by atoms with van der Waals surface area (Å²) >= 11 is 10.7. The van der Waals surface area contributed by atoms with Gasteiger partial charge in [-0.3, -0.25) is 0 Å². The van der Waals surface area contributed by atoms with Crippen molar-refractivity contribution in [3.63, 3.8) is 0 Å². The van der Waals surface area contributed by atoms with E-state index in [2.05, 4.69) is 21.2 Å². The first-order valence-electron chi connectivity index (χ1n) is 6.07. The molecule has 0 saturated heterocycles. The van der Waals surface area contributed by atoms with Gasteiger partial charge in [-0.1, -0.05) is 18.5 Å². The summed E-state index contributed by atoms with van der Waals surface area (Å²) in [6.45, 7) is 4.33. The highest BCUT2D eigenvalue weighted by molar-refractivity contribution is 9.10. The Morgan fingerprint density at radius 2 is 2.10 bits per heavy atom. The molecule has 0 radical (unpaired) electrons. The lowest BCUT2D eigenvalue weighted by atomic mass is 10.0. The molecule has 1 N–H and O–H groups in total. The third-order valence-corrected chi connectivity index (χ3v) is 5.36. The molecule has 1 aromatic carbocycles. The maximum atomic E-state index is 14.3. The zero-order valence-corrected chi connectivity index (χ0v) is 14.1. The summed E-state index contributed by atoms with van der Waals surface area (Å²) in [6, 6.07) is 2.02. The molecule has 0 saturated carbocycles. The summed E-state index contributed by atoms with van der Waals surface area (Å²) in [5, 5.41) is 5.54. The molecule has 1 atom stereocenters. The molecule has 1 unspecified atom stereocenters. The van der Waals surface area contributed by atoms with Gasteiger partial charge in [-0.15, -0.1) is 11.3 Å². The first-order valence-corrected chi connectivity index (χ1v) is 8.12. The van der Waals surface area contributed by atoms with E-state index in [9.17, 15) is 8.78 Å². The number of hydrogen-bond acceptors (Lipinski definition) is 2. The van der Waals surface area contributed by atoms with Crippen LogP contribution in [0, 0.1) is 18.6 Å². The van der Waals surface area contributed by atoms with Gasteiger partial charge in [0.25, 0.3) is 0 Å². The Kier molecular flexibility index (Phi) is 5.18. The molecule has 1 heterocycles. The summed E-state index contributed by atoms with van der Waals surface area (Å²) in [4.78, 5) is 0.724. The van der Waals surface area contributed by atoms with Crippen molar-refractivity contribution < 1.29 is 8.78 Å². The normalized spacial score (nSPS) is 12.7. The van der Waals surface area contributed by atoms with Crippen molar-refractivity contribution in [3.8, 4) is 0 Å². The van der Waals surface area contributed by atoms with Crippen LogP contribution in [0.4, 0.5) is 8.78 Å². The largest absolute Gasteiger partial charge is 0.306 e. The van der Waals surface area contributed by atoms with Crippen LogP contribution < -0.4 is 5.32 Å². The van der Waals surface area contributed by atoms with Crippen molar-refractivity contribution in [2.45, 2.75) is 19.9 Å². The Hall–Kier alpha value is -0.490. The molecule has 0 fully saturated rings.